The van der Waals surface area contributed by atoms with Crippen LogP contribution in [-0.2, 0) is 6.42 Å². The van der Waals surface area contributed by atoms with Gasteiger partial charge in [0.2, 0.25) is 0 Å². The highest BCUT2D eigenvalue weighted by Crippen LogP contribution is 2.25. The van der Waals surface area contributed by atoms with Crippen molar-refractivity contribution in [2.45, 2.75) is 32.6 Å². The van der Waals surface area contributed by atoms with Crippen LogP contribution in [0.1, 0.15) is 30.4 Å². The minimum Gasteiger partial charge on any atom is -0.371 e. The zero-order valence-electron chi connectivity index (χ0n) is 10.2. The van der Waals surface area contributed by atoms with Crippen molar-refractivity contribution in [2.24, 2.45) is 5.73 Å². The maximum Gasteiger partial charge on any atom is 0.0399 e. The molecule has 1 fully saturated rings. The molecule has 0 radical (unpaired) electrons. The number of rotatable bonds is 3. The van der Waals surface area contributed by atoms with Crippen LogP contribution < -0.4 is 10.6 Å². The zero-order valence-corrected chi connectivity index (χ0v) is 10.2. The third-order valence-electron chi connectivity index (χ3n) is 3.35. The standard InChI is InChI=1S/C14H22N2/c1-12-5-6-14(13(11-12)7-8-15)16-9-3-2-4-10-16/h5-6,11H,2-4,7-10,15H2,1H3. The van der Waals surface area contributed by atoms with Gasteiger partial charge in [0.05, 0.1) is 0 Å². The van der Waals surface area contributed by atoms with E-state index in [1.54, 1.807) is 0 Å². The van der Waals surface area contributed by atoms with E-state index in [4.69, 9.17) is 5.73 Å². The average Bonchev–Trinajstić information content (AvgIpc) is 2.31. The van der Waals surface area contributed by atoms with Crippen LogP contribution in [0.4, 0.5) is 5.69 Å². The predicted octanol–water partition coefficient (Wildman–Crippen LogP) is 2.49. The van der Waals surface area contributed by atoms with Crippen LogP contribution in [0.25, 0.3) is 0 Å². The van der Waals surface area contributed by atoms with Crippen LogP contribution in [0, 0.1) is 6.92 Å². The first kappa shape index (κ1) is 11.5. The number of hydrogen-bond donors (Lipinski definition) is 1. The van der Waals surface area contributed by atoms with Crippen molar-refractivity contribution in [3.8, 4) is 0 Å². The third kappa shape index (κ3) is 2.56. The molecular formula is C14H22N2. The number of anilines is 1. The Morgan fingerprint density at radius 3 is 2.62 bits per heavy atom. The van der Waals surface area contributed by atoms with E-state index in [1.165, 1.54) is 49.2 Å². The molecule has 1 aromatic carbocycles. The van der Waals surface area contributed by atoms with Crippen LogP contribution in [0.15, 0.2) is 18.2 Å². The van der Waals surface area contributed by atoms with Gasteiger partial charge < -0.3 is 10.6 Å². The molecule has 1 saturated heterocycles. The Kier molecular flexibility index (Phi) is 3.83. The number of hydrogen-bond acceptors (Lipinski definition) is 2. The topological polar surface area (TPSA) is 29.3 Å². The largest absolute Gasteiger partial charge is 0.371 e. The van der Waals surface area contributed by atoms with Gasteiger partial charge in [-0.1, -0.05) is 17.7 Å². The third-order valence-corrected chi connectivity index (χ3v) is 3.35. The van der Waals surface area contributed by atoms with Gasteiger partial charge in [0.25, 0.3) is 0 Å². The van der Waals surface area contributed by atoms with Crippen LogP contribution in [-0.4, -0.2) is 19.6 Å². The number of piperidine rings is 1. The summed E-state index contributed by atoms with van der Waals surface area (Å²) in [5.41, 5.74) is 9.86. The molecule has 88 valence electrons. The first-order valence-corrected chi connectivity index (χ1v) is 6.36. The van der Waals surface area contributed by atoms with Crippen molar-refractivity contribution in [3.05, 3.63) is 29.3 Å². The monoisotopic (exact) mass is 218 g/mol. The van der Waals surface area contributed by atoms with Gasteiger partial charge in [-0.25, -0.2) is 0 Å². The number of nitrogens with zero attached hydrogens (tertiary/aromatic N) is 1. The van der Waals surface area contributed by atoms with Crippen molar-refractivity contribution in [1.29, 1.82) is 0 Å². The highest BCUT2D eigenvalue weighted by Gasteiger charge is 2.13. The Labute approximate surface area is 98.4 Å². The highest BCUT2D eigenvalue weighted by molar-refractivity contribution is 5.55. The van der Waals surface area contributed by atoms with Gasteiger partial charge in [-0.2, -0.15) is 0 Å². The Hall–Kier alpha value is -1.02. The summed E-state index contributed by atoms with van der Waals surface area (Å²) in [7, 11) is 0. The van der Waals surface area contributed by atoms with E-state index in [-0.39, 0.29) is 0 Å². The lowest BCUT2D eigenvalue weighted by molar-refractivity contribution is 0.576. The summed E-state index contributed by atoms with van der Waals surface area (Å²) in [6.07, 6.45) is 5.04. The van der Waals surface area contributed by atoms with E-state index in [0.717, 1.165) is 13.0 Å². The average molecular weight is 218 g/mol. The summed E-state index contributed by atoms with van der Waals surface area (Å²) in [4.78, 5) is 2.52. The summed E-state index contributed by atoms with van der Waals surface area (Å²) >= 11 is 0. The van der Waals surface area contributed by atoms with Crippen molar-refractivity contribution in [3.63, 3.8) is 0 Å². The van der Waals surface area contributed by atoms with E-state index in [1.807, 2.05) is 0 Å². The zero-order chi connectivity index (χ0) is 11.4. The van der Waals surface area contributed by atoms with Gasteiger partial charge >= 0.3 is 0 Å². The molecule has 0 saturated carbocycles. The summed E-state index contributed by atoms with van der Waals surface area (Å²) in [5.74, 6) is 0. The smallest absolute Gasteiger partial charge is 0.0399 e. The predicted molar refractivity (Wildman–Crippen MR) is 70.0 cm³/mol. The molecule has 0 amide bonds. The second-order valence-electron chi connectivity index (χ2n) is 4.72. The van der Waals surface area contributed by atoms with Crippen LogP contribution in [0.5, 0.6) is 0 Å². The van der Waals surface area contributed by atoms with Gasteiger partial charge in [-0.15, -0.1) is 0 Å². The molecule has 0 atom stereocenters. The number of benzene rings is 1. The van der Waals surface area contributed by atoms with E-state index >= 15 is 0 Å². The quantitative estimate of drug-likeness (QED) is 0.844. The Balaban J connectivity index is 2.23. The first-order chi connectivity index (χ1) is 7.81. The number of aryl methyl sites for hydroxylation is 1. The van der Waals surface area contributed by atoms with Gasteiger partial charge in [-0.3, -0.25) is 0 Å². The summed E-state index contributed by atoms with van der Waals surface area (Å²) < 4.78 is 0. The molecule has 2 N–H and O–H groups in total. The lowest BCUT2D eigenvalue weighted by atomic mass is 10.0. The Morgan fingerprint density at radius 1 is 1.19 bits per heavy atom. The molecule has 2 heteroatoms. The maximum atomic E-state index is 5.69. The van der Waals surface area contributed by atoms with E-state index in [2.05, 4.69) is 30.0 Å². The molecule has 2 rings (SSSR count). The summed E-state index contributed by atoms with van der Waals surface area (Å²) in [5, 5.41) is 0. The molecule has 1 aliphatic heterocycles. The minimum absolute atomic E-state index is 0.740. The lowest BCUT2D eigenvalue weighted by Crippen LogP contribution is -2.30. The minimum atomic E-state index is 0.740. The van der Waals surface area contributed by atoms with Crippen LogP contribution >= 0.6 is 0 Å². The second kappa shape index (κ2) is 5.35. The van der Waals surface area contributed by atoms with Crippen molar-refractivity contribution < 1.29 is 0 Å². The molecule has 0 aromatic heterocycles. The summed E-state index contributed by atoms with van der Waals surface area (Å²) in [6.45, 7) is 5.31. The molecular weight excluding hydrogens is 196 g/mol. The first-order valence-electron chi connectivity index (χ1n) is 6.36. The molecule has 1 heterocycles. The lowest BCUT2D eigenvalue weighted by Gasteiger charge is -2.30. The fraction of sp³-hybridized carbons (Fsp3) is 0.571. The van der Waals surface area contributed by atoms with Crippen LogP contribution in [0.2, 0.25) is 0 Å². The fourth-order valence-electron chi connectivity index (χ4n) is 2.51. The normalized spacial score (nSPS) is 16.5. The molecule has 0 aliphatic carbocycles. The molecule has 1 aromatic rings. The highest BCUT2D eigenvalue weighted by atomic mass is 15.1. The number of nitrogens with two attached hydrogens (primary N) is 1. The molecule has 1 aliphatic rings. The molecule has 16 heavy (non-hydrogen) atoms. The molecule has 0 unspecified atom stereocenters. The van der Waals surface area contributed by atoms with Crippen molar-refractivity contribution in [2.75, 3.05) is 24.5 Å². The van der Waals surface area contributed by atoms with Crippen molar-refractivity contribution in [1.82, 2.24) is 0 Å². The Morgan fingerprint density at radius 2 is 1.94 bits per heavy atom. The summed E-state index contributed by atoms with van der Waals surface area (Å²) in [6, 6.07) is 6.77. The molecule has 0 spiro atoms. The maximum absolute atomic E-state index is 5.69. The fourth-order valence-corrected chi connectivity index (χ4v) is 2.51. The van der Waals surface area contributed by atoms with Gasteiger partial charge in [0.15, 0.2) is 0 Å². The van der Waals surface area contributed by atoms with Crippen molar-refractivity contribution >= 4 is 5.69 Å². The Bertz CT molecular complexity index is 341. The van der Waals surface area contributed by atoms with Gasteiger partial charge in [-0.05, 0) is 50.8 Å². The van der Waals surface area contributed by atoms with E-state index < -0.39 is 0 Å². The van der Waals surface area contributed by atoms with E-state index in [0.29, 0.717) is 0 Å². The van der Waals surface area contributed by atoms with Crippen LogP contribution in [0.3, 0.4) is 0 Å². The SMILES string of the molecule is Cc1ccc(N2CCCCC2)c(CCN)c1. The second-order valence-corrected chi connectivity index (χ2v) is 4.72. The van der Waals surface area contributed by atoms with Gasteiger partial charge in [0, 0.05) is 18.8 Å². The molecule has 2 nitrogen and oxygen atoms in total. The van der Waals surface area contributed by atoms with Gasteiger partial charge in [0.1, 0.15) is 0 Å². The van der Waals surface area contributed by atoms with E-state index in [9.17, 15) is 0 Å². The molecule has 0 bridgehead atoms.